The number of H-pyrrole nitrogens is 1. The van der Waals surface area contributed by atoms with Crippen molar-refractivity contribution in [2.24, 2.45) is 5.92 Å². The van der Waals surface area contributed by atoms with Crippen LogP contribution in [-0.4, -0.2) is 29.2 Å². The van der Waals surface area contributed by atoms with E-state index in [2.05, 4.69) is 20.8 Å². The van der Waals surface area contributed by atoms with E-state index < -0.39 is 0 Å². The van der Waals surface area contributed by atoms with Gasteiger partial charge in [-0.2, -0.15) is 5.10 Å². The summed E-state index contributed by atoms with van der Waals surface area (Å²) in [4.78, 5) is 12.1. The van der Waals surface area contributed by atoms with Gasteiger partial charge in [0.25, 0.3) is 0 Å². The second-order valence-electron chi connectivity index (χ2n) is 4.96. The van der Waals surface area contributed by atoms with Gasteiger partial charge >= 0.3 is 0 Å². The number of carbonyl (C=O) groups excluding carboxylic acids is 1. The topological polar surface area (TPSA) is 69.8 Å². The van der Waals surface area contributed by atoms with E-state index in [9.17, 15) is 4.79 Å². The van der Waals surface area contributed by atoms with Crippen LogP contribution in [0.25, 0.3) is 10.9 Å². The maximum absolute atomic E-state index is 12.1. The van der Waals surface area contributed by atoms with Crippen molar-refractivity contribution in [3.63, 3.8) is 0 Å². The van der Waals surface area contributed by atoms with E-state index in [1.807, 2.05) is 24.3 Å². The largest absolute Gasteiger partial charge is 0.350 e. The van der Waals surface area contributed by atoms with E-state index >= 15 is 0 Å². The number of amides is 1. The quantitative estimate of drug-likeness (QED) is 0.774. The van der Waals surface area contributed by atoms with Crippen LogP contribution in [0.15, 0.2) is 24.3 Å². The molecule has 1 amide bonds. The smallest absolute Gasteiger partial charge is 0.223 e. The van der Waals surface area contributed by atoms with Gasteiger partial charge in [-0.25, -0.2) is 0 Å². The number of hydrogen-bond donors (Lipinski definition) is 3. The molecule has 3 N–H and O–H groups in total. The van der Waals surface area contributed by atoms with Crippen molar-refractivity contribution >= 4 is 16.8 Å². The fourth-order valence-corrected chi connectivity index (χ4v) is 2.55. The molecule has 1 fully saturated rings. The zero-order valence-corrected chi connectivity index (χ0v) is 10.8. The molecule has 0 spiro atoms. The number of nitrogens with zero attached hydrogens (tertiary/aromatic N) is 1. The predicted octanol–water partition coefficient (Wildman–Crippen LogP) is 1.18. The van der Waals surface area contributed by atoms with Crippen molar-refractivity contribution in [1.29, 1.82) is 0 Å². The lowest BCUT2D eigenvalue weighted by Crippen LogP contribution is -2.37. The summed E-state index contributed by atoms with van der Waals surface area (Å²) in [5.74, 6) is 0.301. The average molecular weight is 258 g/mol. The number of aromatic amines is 1. The highest BCUT2D eigenvalue weighted by Crippen LogP contribution is 2.16. The van der Waals surface area contributed by atoms with Crippen molar-refractivity contribution in [2.45, 2.75) is 19.4 Å². The molecule has 0 radical (unpaired) electrons. The third kappa shape index (κ3) is 2.61. The lowest BCUT2D eigenvalue weighted by molar-refractivity contribution is -0.125. The Morgan fingerprint density at radius 2 is 2.11 bits per heavy atom. The van der Waals surface area contributed by atoms with Crippen molar-refractivity contribution in [3.8, 4) is 0 Å². The molecule has 0 saturated carbocycles. The van der Waals surface area contributed by atoms with Gasteiger partial charge in [0.1, 0.15) is 0 Å². The van der Waals surface area contributed by atoms with Gasteiger partial charge in [-0.15, -0.1) is 0 Å². The van der Waals surface area contributed by atoms with E-state index in [-0.39, 0.29) is 11.8 Å². The zero-order valence-electron chi connectivity index (χ0n) is 10.8. The molecule has 2 heterocycles. The van der Waals surface area contributed by atoms with Crippen LogP contribution in [0.4, 0.5) is 0 Å². The molecule has 0 bridgehead atoms. The van der Waals surface area contributed by atoms with Gasteiger partial charge in [-0.1, -0.05) is 18.2 Å². The molecule has 3 rings (SSSR count). The molecule has 1 aromatic heterocycles. The number of aromatic nitrogens is 2. The number of piperidine rings is 1. The predicted molar refractivity (Wildman–Crippen MR) is 73.5 cm³/mol. The molecule has 0 unspecified atom stereocenters. The van der Waals surface area contributed by atoms with Crippen molar-refractivity contribution in [3.05, 3.63) is 30.0 Å². The molecule has 19 heavy (non-hydrogen) atoms. The standard InChI is InChI=1S/C14H18N4O/c19-14(10-5-7-15-8-6-10)16-9-13-11-3-1-2-4-12(11)17-18-13/h1-4,10,15H,5-9H2,(H,16,19)(H,17,18). The van der Waals surface area contributed by atoms with Crippen molar-refractivity contribution < 1.29 is 4.79 Å². The van der Waals surface area contributed by atoms with Gasteiger partial charge in [-0.3, -0.25) is 9.89 Å². The average Bonchev–Trinajstić information content (AvgIpc) is 2.89. The van der Waals surface area contributed by atoms with Crippen LogP contribution in [0.3, 0.4) is 0 Å². The summed E-state index contributed by atoms with van der Waals surface area (Å²) in [6.45, 7) is 2.39. The molecule has 1 saturated heterocycles. The molecular weight excluding hydrogens is 240 g/mol. The second-order valence-corrected chi connectivity index (χ2v) is 4.96. The summed E-state index contributed by atoms with van der Waals surface area (Å²) in [7, 11) is 0. The van der Waals surface area contributed by atoms with Crippen LogP contribution in [0.1, 0.15) is 18.5 Å². The molecule has 1 aromatic carbocycles. The second kappa shape index (κ2) is 5.40. The molecule has 5 heteroatoms. The minimum Gasteiger partial charge on any atom is -0.350 e. The Balaban J connectivity index is 1.64. The molecule has 5 nitrogen and oxygen atoms in total. The number of fused-ring (bicyclic) bond motifs is 1. The fraction of sp³-hybridized carbons (Fsp3) is 0.429. The Labute approximate surface area is 111 Å². The summed E-state index contributed by atoms with van der Waals surface area (Å²) in [6.07, 6.45) is 1.85. The zero-order chi connectivity index (χ0) is 13.1. The van der Waals surface area contributed by atoms with Crippen LogP contribution in [0.2, 0.25) is 0 Å². The lowest BCUT2D eigenvalue weighted by Gasteiger charge is -2.21. The highest BCUT2D eigenvalue weighted by Gasteiger charge is 2.20. The maximum Gasteiger partial charge on any atom is 0.223 e. The Morgan fingerprint density at radius 3 is 2.95 bits per heavy atom. The minimum absolute atomic E-state index is 0.149. The van der Waals surface area contributed by atoms with E-state index in [0.717, 1.165) is 42.5 Å². The first-order valence-electron chi connectivity index (χ1n) is 6.75. The van der Waals surface area contributed by atoms with Gasteiger partial charge < -0.3 is 10.6 Å². The lowest BCUT2D eigenvalue weighted by atomic mass is 9.97. The molecule has 0 atom stereocenters. The Kier molecular flexibility index (Phi) is 3.46. The molecular formula is C14H18N4O. The van der Waals surface area contributed by atoms with Crippen LogP contribution >= 0.6 is 0 Å². The van der Waals surface area contributed by atoms with Crippen molar-refractivity contribution in [2.75, 3.05) is 13.1 Å². The highest BCUT2D eigenvalue weighted by molar-refractivity contribution is 5.82. The summed E-state index contributed by atoms with van der Waals surface area (Å²) in [6, 6.07) is 7.92. The van der Waals surface area contributed by atoms with Gasteiger partial charge in [-0.05, 0) is 32.0 Å². The number of rotatable bonds is 3. The SMILES string of the molecule is O=C(NCc1[nH]nc2ccccc12)C1CCNCC1. The number of carbonyl (C=O) groups is 1. The summed E-state index contributed by atoms with van der Waals surface area (Å²) in [5, 5.41) is 14.6. The fourth-order valence-electron chi connectivity index (χ4n) is 2.55. The number of nitrogens with one attached hydrogen (secondary N) is 3. The van der Waals surface area contributed by atoms with Crippen LogP contribution in [0.5, 0.6) is 0 Å². The molecule has 1 aliphatic rings. The van der Waals surface area contributed by atoms with Gasteiger partial charge in [0, 0.05) is 11.3 Å². The number of hydrogen-bond acceptors (Lipinski definition) is 3. The highest BCUT2D eigenvalue weighted by atomic mass is 16.1. The number of benzene rings is 1. The minimum atomic E-state index is 0.149. The number of para-hydroxylation sites is 1. The van der Waals surface area contributed by atoms with Gasteiger partial charge in [0.05, 0.1) is 17.8 Å². The van der Waals surface area contributed by atoms with Crippen molar-refractivity contribution in [1.82, 2.24) is 20.8 Å². The van der Waals surface area contributed by atoms with Gasteiger partial charge in [0.15, 0.2) is 0 Å². The molecule has 0 aliphatic carbocycles. The van der Waals surface area contributed by atoms with Crippen LogP contribution < -0.4 is 10.6 Å². The summed E-state index contributed by atoms with van der Waals surface area (Å²) < 4.78 is 0. The van der Waals surface area contributed by atoms with E-state index in [1.54, 1.807) is 0 Å². The molecule has 1 aliphatic heterocycles. The Hall–Kier alpha value is -1.88. The Bertz CT molecular complexity index is 572. The van der Waals surface area contributed by atoms with Crippen LogP contribution in [-0.2, 0) is 11.3 Å². The summed E-state index contributed by atoms with van der Waals surface area (Å²) >= 11 is 0. The monoisotopic (exact) mass is 258 g/mol. The molecule has 100 valence electrons. The first kappa shape index (κ1) is 12.2. The van der Waals surface area contributed by atoms with E-state index in [1.165, 1.54) is 0 Å². The normalized spacial score (nSPS) is 16.6. The van der Waals surface area contributed by atoms with E-state index in [4.69, 9.17) is 0 Å². The maximum atomic E-state index is 12.1. The van der Waals surface area contributed by atoms with Gasteiger partial charge in [0.2, 0.25) is 5.91 Å². The molecule has 2 aromatic rings. The third-order valence-corrected chi connectivity index (χ3v) is 3.69. The first-order chi connectivity index (χ1) is 9.34. The third-order valence-electron chi connectivity index (χ3n) is 3.69. The Morgan fingerprint density at radius 1 is 1.32 bits per heavy atom. The van der Waals surface area contributed by atoms with Crippen LogP contribution in [0, 0.1) is 5.92 Å². The van der Waals surface area contributed by atoms with E-state index in [0.29, 0.717) is 6.54 Å². The summed E-state index contributed by atoms with van der Waals surface area (Å²) in [5.41, 5.74) is 1.91. The first-order valence-corrected chi connectivity index (χ1v) is 6.75.